The molecule has 0 spiro atoms. The molecule has 78 valence electrons. The Morgan fingerprint density at radius 3 is 3.13 bits per heavy atom. The predicted octanol–water partition coefficient (Wildman–Crippen LogP) is 2.22. The number of rotatable bonds is 3. The van der Waals surface area contributed by atoms with Crippen molar-refractivity contribution in [1.29, 1.82) is 0 Å². The number of thiophene rings is 1. The Morgan fingerprint density at radius 2 is 2.47 bits per heavy atom. The highest BCUT2D eigenvalue weighted by Crippen LogP contribution is 2.27. The van der Waals surface area contributed by atoms with Gasteiger partial charge in [0.1, 0.15) is 4.88 Å². The van der Waals surface area contributed by atoms with Crippen LogP contribution in [-0.2, 0) is 4.74 Å². The highest BCUT2D eigenvalue weighted by Gasteiger charge is 2.13. The summed E-state index contributed by atoms with van der Waals surface area (Å²) in [4.78, 5) is 25.5. The van der Waals surface area contributed by atoms with E-state index in [1.54, 1.807) is 19.2 Å². The number of nitrogens with one attached hydrogen (secondary N) is 1. The van der Waals surface area contributed by atoms with Crippen LogP contribution in [0.15, 0.2) is 12.3 Å². The first-order valence-electron chi connectivity index (χ1n) is 4.49. The number of carbonyl (C=O) groups excluding carboxylic acids is 2. The Labute approximate surface area is 89.9 Å². The fraction of sp³-hybridized carbons (Fsp3) is 0.200. The van der Waals surface area contributed by atoms with E-state index in [9.17, 15) is 9.59 Å². The van der Waals surface area contributed by atoms with Crippen LogP contribution in [0.1, 0.15) is 27.0 Å². The van der Waals surface area contributed by atoms with Gasteiger partial charge in [-0.2, -0.15) is 0 Å². The maximum atomic E-state index is 11.4. The monoisotopic (exact) mass is 223 g/mol. The predicted molar refractivity (Wildman–Crippen MR) is 57.5 cm³/mol. The number of aldehydes is 1. The molecule has 0 unspecified atom stereocenters. The number of carbonyl (C=O) groups is 2. The molecule has 0 atom stereocenters. The van der Waals surface area contributed by atoms with E-state index in [-0.39, 0.29) is 5.97 Å². The molecule has 5 heteroatoms. The molecule has 0 aliphatic heterocycles. The van der Waals surface area contributed by atoms with Gasteiger partial charge in [0.25, 0.3) is 0 Å². The SMILES string of the molecule is CCOC(=O)c1cc2[nH]cc(C=O)c2s1. The molecular formula is C10H9NO3S. The lowest BCUT2D eigenvalue weighted by Gasteiger charge is -1.96. The molecule has 4 nitrogen and oxygen atoms in total. The zero-order valence-corrected chi connectivity index (χ0v) is 8.89. The molecule has 0 saturated carbocycles. The number of H-pyrrole nitrogens is 1. The second-order valence-electron chi connectivity index (χ2n) is 2.94. The van der Waals surface area contributed by atoms with Crippen LogP contribution in [0.5, 0.6) is 0 Å². The van der Waals surface area contributed by atoms with Crippen molar-refractivity contribution in [3.05, 3.63) is 22.7 Å². The fourth-order valence-electron chi connectivity index (χ4n) is 1.32. The average Bonchev–Trinajstić information content (AvgIpc) is 2.76. The van der Waals surface area contributed by atoms with Crippen LogP contribution in [0, 0.1) is 0 Å². The van der Waals surface area contributed by atoms with Crippen molar-refractivity contribution in [2.75, 3.05) is 6.61 Å². The molecule has 2 rings (SSSR count). The lowest BCUT2D eigenvalue weighted by molar-refractivity contribution is 0.0532. The Hall–Kier alpha value is -1.62. The smallest absolute Gasteiger partial charge is 0.348 e. The molecule has 1 N–H and O–H groups in total. The highest BCUT2D eigenvalue weighted by atomic mass is 32.1. The van der Waals surface area contributed by atoms with Gasteiger partial charge in [-0.15, -0.1) is 11.3 Å². The fourth-order valence-corrected chi connectivity index (χ4v) is 2.32. The first-order valence-corrected chi connectivity index (χ1v) is 5.31. The topological polar surface area (TPSA) is 59.2 Å². The average molecular weight is 223 g/mol. The summed E-state index contributed by atoms with van der Waals surface area (Å²) >= 11 is 1.27. The van der Waals surface area contributed by atoms with Crippen molar-refractivity contribution >= 4 is 33.8 Å². The van der Waals surface area contributed by atoms with Gasteiger partial charge in [0, 0.05) is 11.8 Å². The summed E-state index contributed by atoms with van der Waals surface area (Å²) in [5.74, 6) is -0.344. The van der Waals surface area contributed by atoms with Gasteiger partial charge < -0.3 is 9.72 Å². The second-order valence-corrected chi connectivity index (χ2v) is 3.99. The quantitative estimate of drug-likeness (QED) is 0.641. The normalized spacial score (nSPS) is 10.5. The van der Waals surface area contributed by atoms with Crippen molar-refractivity contribution in [2.24, 2.45) is 0 Å². The first kappa shape index (κ1) is 9.92. The van der Waals surface area contributed by atoms with Gasteiger partial charge in [-0.3, -0.25) is 4.79 Å². The maximum absolute atomic E-state index is 11.4. The lowest BCUT2D eigenvalue weighted by atomic mass is 10.3. The van der Waals surface area contributed by atoms with Crippen LogP contribution in [-0.4, -0.2) is 23.8 Å². The third-order valence-electron chi connectivity index (χ3n) is 1.98. The van der Waals surface area contributed by atoms with Gasteiger partial charge >= 0.3 is 5.97 Å². The van der Waals surface area contributed by atoms with Gasteiger partial charge in [0.05, 0.1) is 16.8 Å². The van der Waals surface area contributed by atoms with Crippen LogP contribution >= 0.6 is 11.3 Å². The summed E-state index contributed by atoms with van der Waals surface area (Å²) < 4.78 is 5.67. The van der Waals surface area contributed by atoms with E-state index in [0.29, 0.717) is 17.0 Å². The number of ether oxygens (including phenoxy) is 1. The van der Waals surface area contributed by atoms with E-state index in [4.69, 9.17) is 4.74 Å². The van der Waals surface area contributed by atoms with E-state index < -0.39 is 0 Å². The van der Waals surface area contributed by atoms with E-state index in [0.717, 1.165) is 16.5 Å². The van der Waals surface area contributed by atoms with Gasteiger partial charge in [-0.05, 0) is 13.0 Å². The molecule has 2 aromatic heterocycles. The van der Waals surface area contributed by atoms with E-state index >= 15 is 0 Å². The van der Waals surface area contributed by atoms with Crippen LogP contribution in [0.3, 0.4) is 0 Å². The van der Waals surface area contributed by atoms with Crippen LogP contribution < -0.4 is 0 Å². The molecule has 0 radical (unpaired) electrons. The lowest BCUT2D eigenvalue weighted by Crippen LogP contribution is -2.01. The van der Waals surface area contributed by atoms with Crippen molar-refractivity contribution in [1.82, 2.24) is 4.98 Å². The Bertz CT molecular complexity index is 512. The maximum Gasteiger partial charge on any atom is 0.348 e. The van der Waals surface area contributed by atoms with Crippen molar-refractivity contribution < 1.29 is 14.3 Å². The molecule has 0 amide bonds. The zero-order chi connectivity index (χ0) is 10.8. The number of fused-ring (bicyclic) bond motifs is 1. The largest absolute Gasteiger partial charge is 0.462 e. The third kappa shape index (κ3) is 1.66. The minimum Gasteiger partial charge on any atom is -0.462 e. The molecule has 0 saturated heterocycles. The number of aromatic amines is 1. The zero-order valence-electron chi connectivity index (χ0n) is 8.07. The number of aromatic nitrogens is 1. The second kappa shape index (κ2) is 3.86. The molecular weight excluding hydrogens is 214 g/mol. The molecule has 0 aliphatic rings. The van der Waals surface area contributed by atoms with E-state index in [2.05, 4.69) is 4.98 Å². The van der Waals surface area contributed by atoms with Crippen molar-refractivity contribution in [3.8, 4) is 0 Å². The standard InChI is InChI=1S/C10H9NO3S/c1-2-14-10(13)8-3-7-9(15-8)6(5-12)4-11-7/h3-5,11H,2H2,1H3. The van der Waals surface area contributed by atoms with Crippen molar-refractivity contribution in [3.63, 3.8) is 0 Å². The number of esters is 1. The molecule has 0 bridgehead atoms. The summed E-state index contributed by atoms with van der Waals surface area (Å²) in [7, 11) is 0. The van der Waals surface area contributed by atoms with Gasteiger partial charge in [-0.1, -0.05) is 0 Å². The van der Waals surface area contributed by atoms with Crippen LogP contribution in [0.4, 0.5) is 0 Å². The Morgan fingerprint density at radius 1 is 1.67 bits per heavy atom. The molecule has 2 heterocycles. The van der Waals surface area contributed by atoms with Crippen LogP contribution in [0.25, 0.3) is 10.2 Å². The van der Waals surface area contributed by atoms with E-state index in [1.807, 2.05) is 0 Å². The van der Waals surface area contributed by atoms with Gasteiger partial charge in [-0.25, -0.2) is 4.79 Å². The molecule has 0 aliphatic carbocycles. The minimum atomic E-state index is -0.344. The van der Waals surface area contributed by atoms with Crippen LogP contribution in [0.2, 0.25) is 0 Å². The summed E-state index contributed by atoms with van der Waals surface area (Å²) in [5, 5.41) is 0. The summed E-state index contributed by atoms with van der Waals surface area (Å²) in [5.41, 5.74) is 1.37. The third-order valence-corrected chi connectivity index (χ3v) is 3.15. The summed E-state index contributed by atoms with van der Waals surface area (Å²) in [6.07, 6.45) is 2.40. The Balaban J connectivity index is 2.43. The number of hydrogen-bond acceptors (Lipinski definition) is 4. The Kier molecular flexibility index (Phi) is 2.55. The first-order chi connectivity index (χ1) is 7.26. The molecule has 2 aromatic rings. The van der Waals surface area contributed by atoms with Gasteiger partial charge in [0.15, 0.2) is 6.29 Å². The minimum absolute atomic E-state index is 0.344. The van der Waals surface area contributed by atoms with Gasteiger partial charge in [0.2, 0.25) is 0 Å². The van der Waals surface area contributed by atoms with E-state index in [1.165, 1.54) is 11.3 Å². The molecule has 0 fully saturated rings. The molecule has 0 aromatic carbocycles. The summed E-state index contributed by atoms with van der Waals surface area (Å²) in [6.45, 7) is 2.11. The van der Waals surface area contributed by atoms with Crippen molar-refractivity contribution in [2.45, 2.75) is 6.92 Å². The highest BCUT2D eigenvalue weighted by molar-refractivity contribution is 7.21. The summed E-state index contributed by atoms with van der Waals surface area (Å²) in [6, 6.07) is 1.70. The molecule has 15 heavy (non-hydrogen) atoms. The number of hydrogen-bond donors (Lipinski definition) is 1.